The number of allylic oxidation sites excluding steroid dienone is 1. The summed E-state index contributed by atoms with van der Waals surface area (Å²) in [5, 5.41) is 0. The van der Waals surface area contributed by atoms with E-state index in [-0.39, 0.29) is 23.4 Å². The van der Waals surface area contributed by atoms with E-state index >= 15 is 0 Å². The van der Waals surface area contributed by atoms with Crippen LogP contribution in [0.1, 0.15) is 48.5 Å². The Kier molecular flexibility index (Phi) is 6.64. The van der Waals surface area contributed by atoms with E-state index in [1.807, 2.05) is 11.0 Å². The molecule has 0 rings (SSSR count). The average molecular weight is 374 g/mol. The molecule has 0 aliphatic carbocycles. The molecule has 0 unspecified atom stereocenters. The maximum atomic E-state index is 12.6. The second kappa shape index (κ2) is 6.64. The molecule has 0 aromatic carbocycles. The van der Waals surface area contributed by atoms with Crippen molar-refractivity contribution >= 4 is 24.3 Å². The number of hydrogen-bond donors (Lipinski definition) is 0. The van der Waals surface area contributed by atoms with Gasteiger partial charge in [0.2, 0.25) is 0 Å². The second-order valence-corrected chi connectivity index (χ2v) is 22.4. The molecule has 0 radical (unpaired) electrons. The molecule has 0 N–H and O–H groups in total. The van der Waals surface area contributed by atoms with E-state index in [2.05, 4.69) is 63.3 Å². The topological polar surface area (TPSA) is 20.3 Å². The Morgan fingerprint density at radius 3 is 1.58 bits per heavy atom. The molecule has 0 fully saturated rings. The van der Waals surface area contributed by atoms with Gasteiger partial charge in [-0.3, -0.25) is 0 Å². The van der Waals surface area contributed by atoms with Crippen LogP contribution in [-0.2, 0) is 4.79 Å². The maximum absolute atomic E-state index is 12.6. The van der Waals surface area contributed by atoms with Gasteiger partial charge in [0, 0.05) is 0 Å². The van der Waals surface area contributed by atoms with Crippen LogP contribution in [0.5, 0.6) is 0 Å². The van der Waals surface area contributed by atoms with Crippen molar-refractivity contribution in [2.45, 2.75) is 75.4 Å². The fourth-order valence-electron chi connectivity index (χ4n) is 2.86. The van der Waals surface area contributed by atoms with Crippen LogP contribution in [0, 0.1) is 5.41 Å². The molecule has 0 saturated carbocycles. The fraction of sp³-hybridized carbons (Fsp3) is 0.812. The molecule has 112 valence electrons. The van der Waals surface area contributed by atoms with Gasteiger partial charge in [0.1, 0.15) is 0 Å². The van der Waals surface area contributed by atoms with Gasteiger partial charge in [-0.05, 0) is 0 Å². The summed E-state index contributed by atoms with van der Waals surface area (Å²) in [5.74, 6) is 0.182. The van der Waals surface area contributed by atoms with Gasteiger partial charge in [0.05, 0.1) is 0 Å². The SMILES string of the molecule is CC(C)N(C(=O)/C=[C](/C(C)(C)C)[Sn]([CH3])([CH3])[CH3])C(C)C. The van der Waals surface area contributed by atoms with Gasteiger partial charge in [0.25, 0.3) is 0 Å². The summed E-state index contributed by atoms with van der Waals surface area (Å²) in [7, 11) is 0. The van der Waals surface area contributed by atoms with Crippen LogP contribution in [0.15, 0.2) is 9.67 Å². The average Bonchev–Trinajstić information content (AvgIpc) is 2.08. The molecule has 0 bridgehead atoms. The molecular weight excluding hydrogens is 341 g/mol. The van der Waals surface area contributed by atoms with Crippen molar-refractivity contribution in [2.75, 3.05) is 0 Å². The van der Waals surface area contributed by atoms with Crippen molar-refractivity contribution in [3.8, 4) is 0 Å². The van der Waals surface area contributed by atoms with Crippen molar-refractivity contribution in [1.82, 2.24) is 4.90 Å². The van der Waals surface area contributed by atoms with Crippen LogP contribution in [0.2, 0.25) is 14.8 Å². The Morgan fingerprint density at radius 2 is 1.37 bits per heavy atom. The molecule has 3 heteroatoms. The Morgan fingerprint density at radius 1 is 1.00 bits per heavy atom. The van der Waals surface area contributed by atoms with E-state index in [9.17, 15) is 4.79 Å². The quantitative estimate of drug-likeness (QED) is 0.525. The number of carbonyl (C=O) groups is 1. The molecule has 0 aromatic rings. The molecular formula is C16H33NOSn. The fourth-order valence-corrected chi connectivity index (χ4v) is 10.9. The monoisotopic (exact) mass is 375 g/mol. The second-order valence-electron chi connectivity index (χ2n) is 7.99. The summed E-state index contributed by atoms with van der Waals surface area (Å²) < 4.78 is 1.41. The summed E-state index contributed by atoms with van der Waals surface area (Å²) in [6.45, 7) is 15.0. The van der Waals surface area contributed by atoms with Crippen molar-refractivity contribution in [2.24, 2.45) is 5.41 Å². The summed E-state index contributed by atoms with van der Waals surface area (Å²) in [6, 6.07) is 0.500. The zero-order chi connectivity index (χ0) is 15.6. The van der Waals surface area contributed by atoms with Crippen LogP contribution < -0.4 is 0 Å². The molecule has 0 aliphatic heterocycles. The summed E-state index contributed by atoms with van der Waals surface area (Å²) in [6.07, 6.45) is 1.95. The Labute approximate surface area is 124 Å². The van der Waals surface area contributed by atoms with Gasteiger partial charge in [-0.25, -0.2) is 0 Å². The van der Waals surface area contributed by atoms with Gasteiger partial charge in [0.15, 0.2) is 0 Å². The van der Waals surface area contributed by atoms with Gasteiger partial charge in [-0.2, -0.15) is 0 Å². The van der Waals surface area contributed by atoms with E-state index in [1.54, 1.807) is 0 Å². The first-order chi connectivity index (χ1) is 8.28. The number of carbonyl (C=O) groups excluding carboxylic acids is 1. The van der Waals surface area contributed by atoms with Crippen molar-refractivity contribution in [1.29, 1.82) is 0 Å². The first-order valence-electron chi connectivity index (χ1n) is 7.33. The summed E-state index contributed by atoms with van der Waals surface area (Å²) in [5.41, 5.74) is 0.101. The van der Waals surface area contributed by atoms with E-state index in [1.165, 1.54) is 3.59 Å². The minimum atomic E-state index is -2.25. The zero-order valence-corrected chi connectivity index (χ0v) is 17.4. The van der Waals surface area contributed by atoms with Gasteiger partial charge >= 0.3 is 124 Å². The number of hydrogen-bond acceptors (Lipinski definition) is 1. The number of amides is 1. The number of rotatable bonds is 4. The third-order valence-corrected chi connectivity index (χ3v) is 10.4. The van der Waals surface area contributed by atoms with Crippen molar-refractivity contribution in [3.05, 3.63) is 9.67 Å². The Hall–Kier alpha value is 0.00870. The minimum absolute atomic E-state index is 0.101. The number of nitrogens with zero attached hydrogens (tertiary/aromatic N) is 1. The van der Waals surface area contributed by atoms with Gasteiger partial charge in [-0.1, -0.05) is 0 Å². The third-order valence-electron chi connectivity index (χ3n) is 3.25. The van der Waals surface area contributed by atoms with Crippen molar-refractivity contribution < 1.29 is 4.79 Å². The third kappa shape index (κ3) is 5.88. The summed E-state index contributed by atoms with van der Waals surface area (Å²) >= 11 is -2.25. The van der Waals surface area contributed by atoms with Gasteiger partial charge in [-0.15, -0.1) is 0 Å². The van der Waals surface area contributed by atoms with Crippen LogP contribution in [0.25, 0.3) is 0 Å². The van der Waals surface area contributed by atoms with E-state index in [0.29, 0.717) is 0 Å². The Bertz CT molecular complexity index is 319. The van der Waals surface area contributed by atoms with Crippen LogP contribution in [-0.4, -0.2) is 41.3 Å². The van der Waals surface area contributed by atoms with Crippen molar-refractivity contribution in [3.63, 3.8) is 0 Å². The molecule has 19 heavy (non-hydrogen) atoms. The van der Waals surface area contributed by atoms with E-state index in [0.717, 1.165) is 0 Å². The molecule has 0 heterocycles. The first-order valence-corrected chi connectivity index (χ1v) is 17.3. The van der Waals surface area contributed by atoms with Gasteiger partial charge < -0.3 is 0 Å². The predicted octanol–water partition coefficient (Wildman–Crippen LogP) is 4.48. The first kappa shape index (κ1) is 19.0. The van der Waals surface area contributed by atoms with Crippen LogP contribution in [0.4, 0.5) is 0 Å². The molecule has 0 aromatic heterocycles. The van der Waals surface area contributed by atoms with Crippen LogP contribution >= 0.6 is 0 Å². The van der Waals surface area contributed by atoms with Crippen LogP contribution in [0.3, 0.4) is 0 Å². The molecule has 2 nitrogen and oxygen atoms in total. The molecule has 0 atom stereocenters. The molecule has 0 spiro atoms. The molecule has 0 saturated heterocycles. The zero-order valence-electron chi connectivity index (χ0n) is 14.6. The Balaban J connectivity index is 5.54. The standard InChI is InChI=1S/C13H24NO.3CH3.Sn/c1-10(2)14(11(3)4)12(15)8-9-13(5,6)7;;;;/h8,10-11H,1-7H3;3*1H3;. The normalized spacial score (nSPS) is 14.2. The van der Waals surface area contributed by atoms with E-state index < -0.39 is 18.4 Å². The summed E-state index contributed by atoms with van der Waals surface area (Å²) in [4.78, 5) is 21.7. The molecule has 1 amide bonds. The van der Waals surface area contributed by atoms with E-state index in [4.69, 9.17) is 0 Å². The molecule has 0 aliphatic rings. The predicted molar refractivity (Wildman–Crippen MR) is 88.0 cm³/mol.